The molecule has 1 unspecified atom stereocenters. The SMILES string of the molecule is CC(=O)OC1COc2ccc(F)cc21. The Kier molecular flexibility index (Phi) is 2.11. The van der Waals surface area contributed by atoms with Gasteiger partial charge in [-0.15, -0.1) is 0 Å². The van der Waals surface area contributed by atoms with Crippen LogP contribution in [0, 0.1) is 5.82 Å². The first-order valence-corrected chi connectivity index (χ1v) is 4.26. The molecule has 0 bridgehead atoms. The van der Waals surface area contributed by atoms with Gasteiger partial charge in [-0.1, -0.05) is 0 Å². The Balaban J connectivity index is 2.28. The number of carbonyl (C=O) groups excluding carboxylic acids is 1. The molecule has 4 heteroatoms. The van der Waals surface area contributed by atoms with Gasteiger partial charge < -0.3 is 9.47 Å². The van der Waals surface area contributed by atoms with Crippen LogP contribution in [-0.4, -0.2) is 12.6 Å². The van der Waals surface area contributed by atoms with Crippen LogP contribution in [0.2, 0.25) is 0 Å². The Morgan fingerprint density at radius 1 is 1.64 bits per heavy atom. The van der Waals surface area contributed by atoms with E-state index in [1.807, 2.05) is 0 Å². The van der Waals surface area contributed by atoms with Crippen molar-refractivity contribution in [2.24, 2.45) is 0 Å². The molecule has 2 rings (SSSR count). The van der Waals surface area contributed by atoms with E-state index in [-0.39, 0.29) is 12.4 Å². The van der Waals surface area contributed by atoms with Crippen molar-refractivity contribution < 1.29 is 18.7 Å². The number of benzene rings is 1. The van der Waals surface area contributed by atoms with Gasteiger partial charge in [0.25, 0.3) is 0 Å². The van der Waals surface area contributed by atoms with Crippen LogP contribution in [0.25, 0.3) is 0 Å². The van der Waals surface area contributed by atoms with E-state index in [1.54, 1.807) is 0 Å². The lowest BCUT2D eigenvalue weighted by molar-refractivity contribution is -0.147. The van der Waals surface area contributed by atoms with Gasteiger partial charge in [0.1, 0.15) is 18.2 Å². The summed E-state index contributed by atoms with van der Waals surface area (Å²) in [6, 6.07) is 4.18. The van der Waals surface area contributed by atoms with Crippen LogP contribution >= 0.6 is 0 Å². The zero-order chi connectivity index (χ0) is 10.1. The van der Waals surface area contributed by atoms with Gasteiger partial charge in [0.05, 0.1) is 0 Å². The summed E-state index contributed by atoms with van der Waals surface area (Å²) in [4.78, 5) is 10.7. The largest absolute Gasteiger partial charge is 0.489 e. The van der Waals surface area contributed by atoms with Crippen molar-refractivity contribution in [1.29, 1.82) is 0 Å². The predicted octanol–water partition coefficient (Wildman–Crippen LogP) is 1.82. The second-order valence-electron chi connectivity index (χ2n) is 3.09. The van der Waals surface area contributed by atoms with Gasteiger partial charge >= 0.3 is 5.97 Å². The average Bonchev–Trinajstić information content (AvgIpc) is 2.47. The van der Waals surface area contributed by atoms with Crippen molar-refractivity contribution in [3.8, 4) is 5.75 Å². The Morgan fingerprint density at radius 2 is 2.43 bits per heavy atom. The van der Waals surface area contributed by atoms with Gasteiger partial charge in [-0.05, 0) is 18.2 Å². The van der Waals surface area contributed by atoms with Crippen molar-refractivity contribution in [3.63, 3.8) is 0 Å². The number of halogens is 1. The fourth-order valence-electron chi connectivity index (χ4n) is 1.46. The molecular weight excluding hydrogens is 187 g/mol. The van der Waals surface area contributed by atoms with Crippen molar-refractivity contribution >= 4 is 5.97 Å². The van der Waals surface area contributed by atoms with Crippen LogP contribution in [0.5, 0.6) is 5.75 Å². The molecular formula is C10H9FO3. The fraction of sp³-hybridized carbons (Fsp3) is 0.300. The molecule has 1 aromatic carbocycles. The van der Waals surface area contributed by atoms with Crippen LogP contribution in [0.15, 0.2) is 18.2 Å². The van der Waals surface area contributed by atoms with Crippen molar-refractivity contribution in [3.05, 3.63) is 29.6 Å². The molecule has 0 N–H and O–H groups in total. The maximum Gasteiger partial charge on any atom is 0.303 e. The number of rotatable bonds is 1. The third-order valence-electron chi connectivity index (χ3n) is 2.02. The predicted molar refractivity (Wildman–Crippen MR) is 46.4 cm³/mol. The normalized spacial score (nSPS) is 18.6. The molecule has 0 radical (unpaired) electrons. The zero-order valence-electron chi connectivity index (χ0n) is 7.62. The summed E-state index contributed by atoms with van der Waals surface area (Å²) in [6.07, 6.45) is -0.474. The van der Waals surface area contributed by atoms with E-state index in [4.69, 9.17) is 9.47 Å². The molecule has 0 fully saturated rings. The van der Waals surface area contributed by atoms with Gasteiger partial charge in [-0.2, -0.15) is 0 Å². The Hall–Kier alpha value is -1.58. The first-order chi connectivity index (χ1) is 6.66. The van der Waals surface area contributed by atoms with E-state index in [9.17, 15) is 9.18 Å². The van der Waals surface area contributed by atoms with Gasteiger partial charge in [-0.3, -0.25) is 4.79 Å². The number of fused-ring (bicyclic) bond motifs is 1. The number of hydrogen-bond acceptors (Lipinski definition) is 3. The number of ether oxygens (including phenoxy) is 2. The molecule has 74 valence electrons. The lowest BCUT2D eigenvalue weighted by Gasteiger charge is -2.08. The summed E-state index contributed by atoms with van der Waals surface area (Å²) in [5, 5.41) is 0. The highest BCUT2D eigenvalue weighted by atomic mass is 19.1. The third kappa shape index (κ3) is 1.55. The second kappa shape index (κ2) is 3.29. The zero-order valence-corrected chi connectivity index (χ0v) is 7.62. The van der Waals surface area contributed by atoms with Crippen LogP contribution in [-0.2, 0) is 9.53 Å². The molecule has 1 atom stereocenters. The highest BCUT2D eigenvalue weighted by Gasteiger charge is 2.26. The van der Waals surface area contributed by atoms with Crippen molar-refractivity contribution in [2.75, 3.05) is 6.61 Å². The van der Waals surface area contributed by atoms with Gasteiger partial charge in [0.15, 0.2) is 6.10 Å². The lowest BCUT2D eigenvalue weighted by Crippen LogP contribution is -2.09. The highest BCUT2D eigenvalue weighted by molar-refractivity contribution is 5.66. The van der Waals surface area contributed by atoms with Crippen LogP contribution in [0.3, 0.4) is 0 Å². The van der Waals surface area contributed by atoms with Crippen LogP contribution in [0.1, 0.15) is 18.6 Å². The number of hydrogen-bond donors (Lipinski definition) is 0. The highest BCUT2D eigenvalue weighted by Crippen LogP contribution is 2.34. The lowest BCUT2D eigenvalue weighted by atomic mass is 10.1. The Labute approximate surface area is 80.4 Å². The Morgan fingerprint density at radius 3 is 3.14 bits per heavy atom. The maximum atomic E-state index is 12.9. The molecule has 0 spiro atoms. The molecule has 0 saturated heterocycles. The molecule has 1 aromatic rings. The molecule has 1 aliphatic rings. The fourth-order valence-corrected chi connectivity index (χ4v) is 1.46. The summed E-state index contributed by atoms with van der Waals surface area (Å²) < 4.78 is 23.1. The minimum absolute atomic E-state index is 0.262. The minimum atomic E-state index is -0.474. The number of esters is 1. The van der Waals surface area contributed by atoms with Crippen molar-refractivity contribution in [1.82, 2.24) is 0 Å². The van der Waals surface area contributed by atoms with E-state index in [0.29, 0.717) is 11.3 Å². The minimum Gasteiger partial charge on any atom is -0.489 e. The summed E-state index contributed by atoms with van der Waals surface area (Å²) in [5.74, 6) is -0.167. The molecule has 1 heterocycles. The molecule has 1 aliphatic heterocycles. The quantitative estimate of drug-likeness (QED) is 0.643. The van der Waals surface area contributed by atoms with E-state index < -0.39 is 12.1 Å². The summed E-state index contributed by atoms with van der Waals surface area (Å²) in [5.41, 5.74) is 0.597. The second-order valence-corrected chi connectivity index (χ2v) is 3.09. The standard InChI is InChI=1S/C10H9FO3/c1-6(12)14-10-5-13-9-3-2-7(11)4-8(9)10/h2-4,10H,5H2,1H3. The van der Waals surface area contributed by atoms with Gasteiger partial charge in [0, 0.05) is 12.5 Å². The molecule has 0 amide bonds. The topological polar surface area (TPSA) is 35.5 Å². The molecule has 0 saturated carbocycles. The Bertz CT molecular complexity index is 376. The van der Waals surface area contributed by atoms with E-state index in [1.165, 1.54) is 25.1 Å². The summed E-state index contributed by atoms with van der Waals surface area (Å²) >= 11 is 0. The maximum absolute atomic E-state index is 12.9. The summed E-state index contributed by atoms with van der Waals surface area (Å²) in [7, 11) is 0. The average molecular weight is 196 g/mol. The van der Waals surface area contributed by atoms with E-state index in [0.717, 1.165) is 0 Å². The first-order valence-electron chi connectivity index (χ1n) is 4.26. The van der Waals surface area contributed by atoms with Gasteiger partial charge in [0.2, 0.25) is 0 Å². The molecule has 0 aliphatic carbocycles. The monoisotopic (exact) mass is 196 g/mol. The smallest absolute Gasteiger partial charge is 0.303 e. The van der Waals surface area contributed by atoms with E-state index >= 15 is 0 Å². The first kappa shape index (κ1) is 8.99. The van der Waals surface area contributed by atoms with E-state index in [2.05, 4.69) is 0 Å². The summed E-state index contributed by atoms with van der Waals surface area (Å²) in [6.45, 7) is 1.58. The van der Waals surface area contributed by atoms with Crippen molar-refractivity contribution in [2.45, 2.75) is 13.0 Å². The third-order valence-corrected chi connectivity index (χ3v) is 2.02. The number of carbonyl (C=O) groups is 1. The molecule has 14 heavy (non-hydrogen) atoms. The van der Waals surface area contributed by atoms with Crippen LogP contribution < -0.4 is 4.74 Å². The van der Waals surface area contributed by atoms with Crippen LogP contribution in [0.4, 0.5) is 4.39 Å². The van der Waals surface area contributed by atoms with Gasteiger partial charge in [-0.25, -0.2) is 4.39 Å². The molecule has 0 aromatic heterocycles. The molecule has 3 nitrogen and oxygen atoms in total.